The number of aromatic nitrogens is 2. The summed E-state index contributed by atoms with van der Waals surface area (Å²) >= 11 is 23.8. The zero-order chi connectivity index (χ0) is 12.6. The molecule has 0 fully saturated rings. The van der Waals surface area contributed by atoms with E-state index in [4.69, 9.17) is 51.7 Å². The molecule has 0 bridgehead atoms. The molecule has 0 spiro atoms. The second-order valence-electron chi connectivity index (χ2n) is 3.09. The Bertz CT molecular complexity index is 604. The van der Waals surface area contributed by atoms with Gasteiger partial charge in [-0.05, 0) is 12.1 Å². The summed E-state index contributed by atoms with van der Waals surface area (Å²) in [5, 5.41) is 13.9. The van der Waals surface area contributed by atoms with Gasteiger partial charge in [0.05, 0.1) is 16.2 Å². The fourth-order valence-electron chi connectivity index (χ4n) is 1.30. The Balaban J connectivity index is 2.69. The Morgan fingerprint density at radius 3 is 2.18 bits per heavy atom. The van der Waals surface area contributed by atoms with E-state index in [-0.39, 0.29) is 10.7 Å². The van der Waals surface area contributed by atoms with Crippen molar-refractivity contribution in [3.8, 4) is 11.8 Å². The van der Waals surface area contributed by atoms with Crippen LogP contribution in [0.25, 0.3) is 5.69 Å². The molecule has 0 amide bonds. The SMILES string of the molecule is N#Cc1cnn(-c2c(Cl)cc(Cl)cc2Cl)c1Cl. The van der Waals surface area contributed by atoms with Gasteiger partial charge in [-0.2, -0.15) is 10.4 Å². The lowest BCUT2D eigenvalue weighted by Crippen LogP contribution is -1.98. The quantitative estimate of drug-likeness (QED) is 0.785. The molecule has 17 heavy (non-hydrogen) atoms. The molecule has 1 aromatic heterocycles. The predicted molar refractivity (Wildman–Crippen MR) is 68.3 cm³/mol. The number of nitriles is 1. The van der Waals surface area contributed by atoms with Gasteiger partial charge in [-0.1, -0.05) is 46.4 Å². The first-order valence-corrected chi connectivity index (χ1v) is 5.84. The fourth-order valence-corrected chi connectivity index (χ4v) is 2.50. The van der Waals surface area contributed by atoms with E-state index in [2.05, 4.69) is 5.10 Å². The Morgan fingerprint density at radius 1 is 1.12 bits per heavy atom. The van der Waals surface area contributed by atoms with Gasteiger partial charge in [0.1, 0.15) is 17.3 Å². The summed E-state index contributed by atoms with van der Waals surface area (Å²) < 4.78 is 1.29. The van der Waals surface area contributed by atoms with Gasteiger partial charge in [0.15, 0.2) is 5.15 Å². The van der Waals surface area contributed by atoms with Crippen molar-refractivity contribution < 1.29 is 0 Å². The number of nitrogens with zero attached hydrogens (tertiary/aromatic N) is 3. The molecular weight excluding hydrogens is 304 g/mol. The zero-order valence-electron chi connectivity index (χ0n) is 8.09. The Labute approximate surface area is 117 Å². The molecule has 2 aromatic rings. The molecule has 0 N–H and O–H groups in total. The van der Waals surface area contributed by atoms with Crippen LogP contribution < -0.4 is 0 Å². The maximum Gasteiger partial charge on any atom is 0.150 e. The number of halogens is 4. The van der Waals surface area contributed by atoms with Crippen LogP contribution in [0.4, 0.5) is 0 Å². The molecule has 0 atom stereocenters. The lowest BCUT2D eigenvalue weighted by atomic mass is 10.3. The fraction of sp³-hybridized carbons (Fsp3) is 0. The molecule has 0 aliphatic carbocycles. The van der Waals surface area contributed by atoms with E-state index in [1.54, 1.807) is 0 Å². The van der Waals surface area contributed by atoms with Crippen LogP contribution in [-0.4, -0.2) is 9.78 Å². The predicted octanol–water partition coefficient (Wildman–Crippen LogP) is 4.36. The van der Waals surface area contributed by atoms with Crippen LogP contribution >= 0.6 is 46.4 Å². The molecule has 0 radical (unpaired) electrons. The van der Waals surface area contributed by atoms with Crippen molar-refractivity contribution in [2.45, 2.75) is 0 Å². The van der Waals surface area contributed by atoms with Gasteiger partial charge in [0.25, 0.3) is 0 Å². The molecule has 0 aliphatic heterocycles. The third-order valence-corrected chi connectivity index (χ3v) is 3.18. The molecule has 0 unspecified atom stereocenters. The first-order valence-electron chi connectivity index (χ1n) is 4.33. The summed E-state index contributed by atoms with van der Waals surface area (Å²) in [6, 6.07) is 4.95. The van der Waals surface area contributed by atoms with Crippen LogP contribution in [0.5, 0.6) is 0 Å². The number of hydrogen-bond acceptors (Lipinski definition) is 2. The van der Waals surface area contributed by atoms with Crippen molar-refractivity contribution >= 4 is 46.4 Å². The number of rotatable bonds is 1. The minimum atomic E-state index is 0.152. The maximum absolute atomic E-state index is 8.79. The van der Waals surface area contributed by atoms with Crippen LogP contribution in [0.2, 0.25) is 20.2 Å². The molecule has 0 aliphatic rings. The van der Waals surface area contributed by atoms with Crippen LogP contribution in [0.1, 0.15) is 5.56 Å². The van der Waals surface area contributed by atoms with Gasteiger partial charge in [-0.15, -0.1) is 0 Å². The van der Waals surface area contributed by atoms with E-state index >= 15 is 0 Å². The molecule has 1 heterocycles. The number of benzene rings is 1. The summed E-state index contributed by atoms with van der Waals surface area (Å²) in [5.41, 5.74) is 0.637. The van der Waals surface area contributed by atoms with Crippen LogP contribution in [-0.2, 0) is 0 Å². The Hall–Kier alpha value is -0.920. The summed E-state index contributed by atoms with van der Waals surface area (Å²) in [4.78, 5) is 0. The monoisotopic (exact) mass is 305 g/mol. The third-order valence-electron chi connectivity index (χ3n) is 2.02. The molecule has 3 nitrogen and oxygen atoms in total. The highest BCUT2D eigenvalue weighted by atomic mass is 35.5. The molecule has 0 saturated carbocycles. The van der Waals surface area contributed by atoms with Crippen molar-refractivity contribution in [1.82, 2.24) is 9.78 Å². The first kappa shape index (κ1) is 12.5. The van der Waals surface area contributed by atoms with Crippen LogP contribution in [0.15, 0.2) is 18.3 Å². The molecule has 2 rings (SSSR count). The number of hydrogen-bond donors (Lipinski definition) is 0. The van der Waals surface area contributed by atoms with E-state index in [0.717, 1.165) is 0 Å². The molecular formula is C10H3Cl4N3. The van der Waals surface area contributed by atoms with Crippen molar-refractivity contribution in [2.24, 2.45) is 0 Å². The summed E-state index contributed by atoms with van der Waals surface area (Å²) in [6.07, 6.45) is 1.34. The average molecular weight is 307 g/mol. The van der Waals surface area contributed by atoms with Gasteiger partial charge in [0.2, 0.25) is 0 Å². The second kappa shape index (κ2) is 4.75. The van der Waals surface area contributed by atoms with Gasteiger partial charge < -0.3 is 0 Å². The Morgan fingerprint density at radius 2 is 1.71 bits per heavy atom. The average Bonchev–Trinajstić information content (AvgIpc) is 2.59. The van der Waals surface area contributed by atoms with Gasteiger partial charge in [0, 0.05) is 5.02 Å². The summed E-state index contributed by atoms with van der Waals surface area (Å²) in [5.74, 6) is 0. The van der Waals surface area contributed by atoms with Crippen molar-refractivity contribution in [1.29, 1.82) is 5.26 Å². The lowest BCUT2D eigenvalue weighted by molar-refractivity contribution is 0.881. The van der Waals surface area contributed by atoms with E-state index in [0.29, 0.717) is 20.8 Å². The van der Waals surface area contributed by atoms with Crippen molar-refractivity contribution in [3.63, 3.8) is 0 Å². The maximum atomic E-state index is 8.79. The largest absolute Gasteiger partial charge is 0.218 e. The van der Waals surface area contributed by atoms with E-state index in [1.165, 1.54) is 23.0 Å². The summed E-state index contributed by atoms with van der Waals surface area (Å²) in [6.45, 7) is 0. The first-order chi connectivity index (χ1) is 8.04. The van der Waals surface area contributed by atoms with Gasteiger partial charge in [-0.25, -0.2) is 4.68 Å². The third kappa shape index (κ3) is 2.22. The summed E-state index contributed by atoms with van der Waals surface area (Å²) in [7, 11) is 0. The highest BCUT2D eigenvalue weighted by Crippen LogP contribution is 2.34. The minimum absolute atomic E-state index is 0.152. The molecule has 86 valence electrons. The van der Waals surface area contributed by atoms with Gasteiger partial charge >= 0.3 is 0 Å². The molecule has 0 saturated heterocycles. The molecule has 7 heteroatoms. The van der Waals surface area contributed by atoms with E-state index in [1.807, 2.05) is 6.07 Å². The lowest BCUT2D eigenvalue weighted by Gasteiger charge is -2.08. The minimum Gasteiger partial charge on any atom is -0.218 e. The second-order valence-corrected chi connectivity index (χ2v) is 4.70. The van der Waals surface area contributed by atoms with Crippen LogP contribution in [0.3, 0.4) is 0 Å². The standard InChI is InChI=1S/C10H3Cl4N3/c11-6-1-7(12)9(8(13)2-6)17-10(14)5(3-15)4-16-17/h1-2,4H. The topological polar surface area (TPSA) is 41.6 Å². The normalized spacial score (nSPS) is 10.3. The van der Waals surface area contributed by atoms with E-state index in [9.17, 15) is 0 Å². The van der Waals surface area contributed by atoms with Crippen molar-refractivity contribution in [2.75, 3.05) is 0 Å². The van der Waals surface area contributed by atoms with Gasteiger partial charge in [-0.3, -0.25) is 0 Å². The Kier molecular flexibility index (Phi) is 3.50. The highest BCUT2D eigenvalue weighted by Gasteiger charge is 2.16. The van der Waals surface area contributed by atoms with E-state index < -0.39 is 0 Å². The molecule has 1 aromatic carbocycles. The van der Waals surface area contributed by atoms with Crippen LogP contribution in [0, 0.1) is 11.3 Å². The zero-order valence-corrected chi connectivity index (χ0v) is 11.1. The highest BCUT2D eigenvalue weighted by molar-refractivity contribution is 6.41. The van der Waals surface area contributed by atoms with Crippen molar-refractivity contribution in [3.05, 3.63) is 44.1 Å². The smallest absolute Gasteiger partial charge is 0.150 e.